The van der Waals surface area contributed by atoms with Crippen LogP contribution in [0.15, 0.2) is 0 Å². The summed E-state index contributed by atoms with van der Waals surface area (Å²) in [6.45, 7) is 3.19. The van der Waals surface area contributed by atoms with E-state index in [1.165, 1.54) is 0 Å². The van der Waals surface area contributed by atoms with Gasteiger partial charge < -0.3 is 5.32 Å². The fourth-order valence-corrected chi connectivity index (χ4v) is 0.281. The molecule has 3 N–H and O–H groups in total. The standard InChI is InChI=1S/C4H9N3.Ni/c1-3(5)7-4(2)6;/h1-2H3,(H3,5,6,7);. The van der Waals surface area contributed by atoms with Gasteiger partial charge in [-0.05, 0) is 13.8 Å². The Balaban J connectivity index is 0. The van der Waals surface area contributed by atoms with Crippen LogP contribution < -0.4 is 5.32 Å². The van der Waals surface area contributed by atoms with Gasteiger partial charge in [0.1, 0.15) is 0 Å². The van der Waals surface area contributed by atoms with Crippen LogP contribution in [0, 0.1) is 10.8 Å². The van der Waals surface area contributed by atoms with Gasteiger partial charge in [-0.3, -0.25) is 10.8 Å². The molecule has 0 unspecified atom stereocenters. The molecule has 8 heavy (non-hydrogen) atoms. The second-order valence-electron chi connectivity index (χ2n) is 1.38. The van der Waals surface area contributed by atoms with Gasteiger partial charge in [-0.2, -0.15) is 0 Å². The van der Waals surface area contributed by atoms with Crippen molar-refractivity contribution in [3.63, 3.8) is 0 Å². The first-order valence-corrected chi connectivity index (χ1v) is 2.00. The van der Waals surface area contributed by atoms with Crippen LogP contribution in [0.1, 0.15) is 13.8 Å². The molecule has 4 heteroatoms. The van der Waals surface area contributed by atoms with Crippen LogP contribution in [0.3, 0.4) is 0 Å². The number of amidine groups is 2. The molecule has 0 aliphatic carbocycles. The molecule has 0 fully saturated rings. The summed E-state index contributed by atoms with van der Waals surface area (Å²) in [6.07, 6.45) is 0. The average molecular weight is 158 g/mol. The molecule has 0 saturated heterocycles. The molecule has 0 aromatic heterocycles. The number of nitrogens with one attached hydrogen (secondary N) is 3. The minimum absolute atomic E-state index is 0. The Morgan fingerprint density at radius 2 is 1.38 bits per heavy atom. The van der Waals surface area contributed by atoms with Gasteiger partial charge in [0.25, 0.3) is 0 Å². The third kappa shape index (κ3) is 9.16. The molecule has 0 amide bonds. The van der Waals surface area contributed by atoms with Gasteiger partial charge in [0, 0.05) is 16.5 Å². The first-order chi connectivity index (χ1) is 3.13. The quantitative estimate of drug-likeness (QED) is 0.269. The van der Waals surface area contributed by atoms with E-state index in [-0.39, 0.29) is 16.5 Å². The van der Waals surface area contributed by atoms with Gasteiger partial charge in [0.05, 0.1) is 11.7 Å². The molecule has 0 rings (SSSR count). The van der Waals surface area contributed by atoms with Crippen molar-refractivity contribution in [3.05, 3.63) is 0 Å². The van der Waals surface area contributed by atoms with Gasteiger partial charge >= 0.3 is 0 Å². The monoisotopic (exact) mass is 157 g/mol. The van der Waals surface area contributed by atoms with E-state index < -0.39 is 0 Å². The maximum Gasteiger partial charge on any atom is 0.0952 e. The van der Waals surface area contributed by atoms with E-state index in [0.717, 1.165) is 0 Å². The van der Waals surface area contributed by atoms with Crippen LogP contribution in [0.2, 0.25) is 0 Å². The summed E-state index contributed by atoms with van der Waals surface area (Å²) in [6, 6.07) is 0. The van der Waals surface area contributed by atoms with Gasteiger partial charge in [-0.25, -0.2) is 0 Å². The SMILES string of the molecule is CC(=N)NC(C)=N.[Ni]. The van der Waals surface area contributed by atoms with E-state index in [4.69, 9.17) is 10.8 Å². The zero-order chi connectivity index (χ0) is 5.86. The molecule has 0 aliphatic heterocycles. The Kier molecular flexibility index (Phi) is 6.33. The van der Waals surface area contributed by atoms with Gasteiger partial charge in [0.15, 0.2) is 0 Å². The molecule has 0 spiro atoms. The van der Waals surface area contributed by atoms with Crippen molar-refractivity contribution in [2.75, 3.05) is 0 Å². The van der Waals surface area contributed by atoms with Gasteiger partial charge in [-0.15, -0.1) is 0 Å². The van der Waals surface area contributed by atoms with Crippen LogP contribution >= 0.6 is 0 Å². The molecule has 0 saturated carbocycles. The molecule has 0 heterocycles. The van der Waals surface area contributed by atoms with Crippen molar-refractivity contribution in [1.29, 1.82) is 10.8 Å². The minimum atomic E-state index is 0. The smallest absolute Gasteiger partial charge is 0.0952 e. The summed E-state index contributed by atoms with van der Waals surface area (Å²) < 4.78 is 0. The maximum absolute atomic E-state index is 6.77. The zero-order valence-electron chi connectivity index (χ0n) is 4.82. The van der Waals surface area contributed by atoms with E-state index in [9.17, 15) is 0 Å². The van der Waals surface area contributed by atoms with Crippen molar-refractivity contribution in [1.82, 2.24) is 5.32 Å². The van der Waals surface area contributed by atoms with Crippen LogP contribution in [0.4, 0.5) is 0 Å². The summed E-state index contributed by atoms with van der Waals surface area (Å²) in [5.41, 5.74) is 0. The predicted octanol–water partition coefficient (Wildman–Crippen LogP) is 0.568. The van der Waals surface area contributed by atoms with Crippen LogP contribution in [-0.4, -0.2) is 11.7 Å². The van der Waals surface area contributed by atoms with E-state index in [1.54, 1.807) is 13.8 Å². The summed E-state index contributed by atoms with van der Waals surface area (Å²) in [7, 11) is 0. The molecule has 0 aromatic rings. The molecule has 50 valence electrons. The van der Waals surface area contributed by atoms with Crippen LogP contribution in [-0.2, 0) is 16.5 Å². The third-order valence-electron chi connectivity index (χ3n) is 0.375. The summed E-state index contributed by atoms with van der Waals surface area (Å²) >= 11 is 0. The molecular weight excluding hydrogens is 149 g/mol. The van der Waals surface area contributed by atoms with Gasteiger partial charge in [-0.1, -0.05) is 0 Å². The number of hydrogen-bond donors (Lipinski definition) is 3. The summed E-state index contributed by atoms with van der Waals surface area (Å²) in [4.78, 5) is 0. The first-order valence-electron chi connectivity index (χ1n) is 2.00. The van der Waals surface area contributed by atoms with Crippen molar-refractivity contribution >= 4 is 11.7 Å². The Bertz CT molecular complexity index is 87.5. The Hall–Kier alpha value is -0.366. The average Bonchev–Trinajstić information content (AvgIpc) is 1.27. The molecule has 0 atom stereocenters. The predicted molar refractivity (Wildman–Crippen MR) is 29.9 cm³/mol. The van der Waals surface area contributed by atoms with E-state index >= 15 is 0 Å². The molecular formula is C4H9N3Ni. The summed E-state index contributed by atoms with van der Waals surface area (Å²) in [5.74, 6) is 0.625. The third-order valence-corrected chi connectivity index (χ3v) is 0.375. The van der Waals surface area contributed by atoms with Crippen molar-refractivity contribution < 1.29 is 16.5 Å². The normalized spacial score (nSPS) is 6.75. The van der Waals surface area contributed by atoms with Crippen LogP contribution in [0.25, 0.3) is 0 Å². The van der Waals surface area contributed by atoms with Gasteiger partial charge in [0.2, 0.25) is 0 Å². The maximum atomic E-state index is 6.77. The van der Waals surface area contributed by atoms with Crippen molar-refractivity contribution in [3.8, 4) is 0 Å². The fraction of sp³-hybridized carbons (Fsp3) is 0.500. The van der Waals surface area contributed by atoms with Crippen molar-refractivity contribution in [2.24, 2.45) is 0 Å². The van der Waals surface area contributed by atoms with E-state index in [1.807, 2.05) is 0 Å². The topological polar surface area (TPSA) is 59.7 Å². The molecule has 0 aliphatic rings. The largest absolute Gasteiger partial charge is 0.333 e. The Morgan fingerprint density at radius 1 is 1.12 bits per heavy atom. The second kappa shape index (κ2) is 4.78. The number of hydrogen-bond acceptors (Lipinski definition) is 2. The fourth-order valence-electron chi connectivity index (χ4n) is 0.281. The van der Waals surface area contributed by atoms with E-state index in [2.05, 4.69) is 5.32 Å². The molecule has 3 nitrogen and oxygen atoms in total. The first kappa shape index (κ1) is 10.6. The summed E-state index contributed by atoms with van der Waals surface area (Å²) in [5, 5.41) is 16.0. The van der Waals surface area contributed by atoms with E-state index in [0.29, 0.717) is 11.7 Å². The van der Waals surface area contributed by atoms with Crippen molar-refractivity contribution in [2.45, 2.75) is 13.8 Å². The zero-order valence-corrected chi connectivity index (χ0v) is 5.80. The number of rotatable bonds is 0. The molecule has 0 bridgehead atoms. The second-order valence-corrected chi connectivity index (χ2v) is 1.38. The Labute approximate surface area is 58.8 Å². The minimum Gasteiger partial charge on any atom is -0.333 e. The molecule has 0 aromatic carbocycles. The van der Waals surface area contributed by atoms with Crippen LogP contribution in [0.5, 0.6) is 0 Å². The molecule has 0 radical (unpaired) electrons. The Morgan fingerprint density at radius 3 is 1.38 bits per heavy atom.